The molecule has 0 spiro atoms. The molecule has 0 atom stereocenters. The predicted octanol–water partition coefficient (Wildman–Crippen LogP) is 0.546. The Morgan fingerprint density at radius 1 is 1.75 bits per heavy atom. The molecule has 0 aliphatic carbocycles. The molecule has 0 N–H and O–H groups in total. The van der Waals surface area contributed by atoms with Crippen molar-refractivity contribution in [3.05, 3.63) is 22.8 Å². The van der Waals surface area contributed by atoms with Crippen molar-refractivity contribution in [2.45, 2.75) is 6.42 Å². The number of hydrogen-bond acceptors (Lipinski definition) is 1. The fraction of sp³-hybridized carbons (Fsp3) is 0.167. The van der Waals surface area contributed by atoms with Crippen LogP contribution in [0.5, 0.6) is 0 Å². The third-order valence-corrected chi connectivity index (χ3v) is 1.61. The molecule has 0 saturated heterocycles. The average Bonchev–Trinajstić information content (AvgIpc) is 1.67. The van der Waals surface area contributed by atoms with Gasteiger partial charge in [-0.1, -0.05) is 0 Å². The van der Waals surface area contributed by atoms with E-state index in [-0.39, 0.29) is 5.78 Å². The molecule has 0 fully saturated rings. The van der Waals surface area contributed by atoms with Crippen molar-refractivity contribution in [1.82, 2.24) is 0 Å². The zero-order valence-corrected chi connectivity index (χ0v) is 7.98. The molecule has 42 valence electrons. The molecule has 0 unspecified atom stereocenters. The van der Waals surface area contributed by atoms with E-state index in [0.717, 1.165) is 26.1 Å². The van der Waals surface area contributed by atoms with Gasteiger partial charge in [0.15, 0.2) is 0 Å². The summed E-state index contributed by atoms with van der Waals surface area (Å²) in [5, 5.41) is 0. The van der Waals surface area contributed by atoms with E-state index in [1.165, 1.54) is 0 Å². The first-order valence-corrected chi connectivity index (χ1v) is 3.91. The summed E-state index contributed by atoms with van der Waals surface area (Å²) in [6.07, 6.45) is 2.05. The van der Waals surface area contributed by atoms with Gasteiger partial charge in [-0.2, -0.15) is 0 Å². The quantitative estimate of drug-likeness (QED) is 0.381. The van der Waals surface area contributed by atoms with Crippen LogP contribution in [0.3, 0.4) is 0 Å². The van der Waals surface area contributed by atoms with E-state index in [2.05, 4.69) is 13.2 Å². The summed E-state index contributed by atoms with van der Waals surface area (Å²) in [6.45, 7) is 6.97. The van der Waals surface area contributed by atoms with Gasteiger partial charge in [0.1, 0.15) is 0 Å². The van der Waals surface area contributed by atoms with Crippen molar-refractivity contribution in [3.8, 4) is 0 Å². The van der Waals surface area contributed by atoms with E-state index in [1.807, 2.05) is 0 Å². The first-order chi connectivity index (χ1) is 3.68. The fourth-order valence-corrected chi connectivity index (χ4v) is 0.599. The molecule has 8 heavy (non-hydrogen) atoms. The molecule has 2 radical (unpaired) electrons. The van der Waals surface area contributed by atoms with Gasteiger partial charge in [0.25, 0.3) is 0 Å². The average molecular weight is 215 g/mol. The molecule has 0 aromatic carbocycles. The second kappa shape index (κ2) is 3.89. The number of carbonyl (C=O) groups is 1. The molecule has 0 aliphatic rings. The van der Waals surface area contributed by atoms with Crippen molar-refractivity contribution >= 4 is 28.3 Å². The van der Waals surface area contributed by atoms with Gasteiger partial charge >= 0.3 is 62.3 Å². The van der Waals surface area contributed by atoms with Crippen molar-refractivity contribution in [2.75, 3.05) is 0 Å². The summed E-state index contributed by atoms with van der Waals surface area (Å²) < 4.78 is 0.732. The van der Waals surface area contributed by atoms with Crippen LogP contribution >= 0.6 is 0 Å². The zero-order chi connectivity index (χ0) is 6.57. The molecule has 0 aromatic rings. The third kappa shape index (κ3) is 3.02. The number of allylic oxidation sites excluding steroid dienone is 2. The Kier molecular flexibility index (Phi) is 3.87. The van der Waals surface area contributed by atoms with Crippen LogP contribution in [0.25, 0.3) is 0 Å². The first kappa shape index (κ1) is 7.95. The summed E-state index contributed by atoms with van der Waals surface area (Å²) in [4.78, 5) is 10.6. The van der Waals surface area contributed by atoms with Gasteiger partial charge < -0.3 is 0 Å². The zero-order valence-electron chi connectivity index (χ0n) is 4.68. The van der Waals surface area contributed by atoms with Crippen LogP contribution in [-0.2, 0) is 4.79 Å². The van der Waals surface area contributed by atoms with Gasteiger partial charge in [-0.25, -0.2) is 0 Å². The molecule has 0 amide bonds. The number of ketones is 1. The summed E-state index contributed by atoms with van der Waals surface area (Å²) in [7, 11) is 0. The SMILES string of the molecule is C=CCC(=O)[C](=C)[SnH]. The van der Waals surface area contributed by atoms with E-state index in [9.17, 15) is 4.79 Å². The van der Waals surface area contributed by atoms with Gasteiger partial charge in [-0.05, 0) is 0 Å². The number of carbonyl (C=O) groups excluding carboxylic acids is 1. The fourth-order valence-electron chi connectivity index (χ4n) is 0.262. The number of hydrogen-bond donors (Lipinski definition) is 0. The summed E-state index contributed by atoms with van der Waals surface area (Å²) in [5.41, 5.74) is 0. The van der Waals surface area contributed by atoms with Crippen LogP contribution in [0.4, 0.5) is 0 Å². The van der Waals surface area contributed by atoms with E-state index < -0.39 is 0 Å². The third-order valence-electron chi connectivity index (χ3n) is 0.688. The Morgan fingerprint density at radius 2 is 2.25 bits per heavy atom. The maximum atomic E-state index is 10.6. The Hall–Kier alpha value is -0.0513. The molecule has 1 nitrogen and oxygen atoms in total. The summed E-state index contributed by atoms with van der Waals surface area (Å²) >= 11 is 0.834. The van der Waals surface area contributed by atoms with E-state index in [1.54, 1.807) is 6.08 Å². The van der Waals surface area contributed by atoms with Crippen molar-refractivity contribution in [1.29, 1.82) is 0 Å². The van der Waals surface area contributed by atoms with E-state index >= 15 is 0 Å². The summed E-state index contributed by atoms with van der Waals surface area (Å²) in [5.74, 6) is 0.127. The van der Waals surface area contributed by atoms with Crippen LogP contribution in [-0.4, -0.2) is 28.3 Å². The Balaban J connectivity index is 3.65. The Bertz CT molecular complexity index is 126. The van der Waals surface area contributed by atoms with E-state index in [4.69, 9.17) is 0 Å². The Morgan fingerprint density at radius 3 is 2.38 bits per heavy atom. The van der Waals surface area contributed by atoms with Crippen LogP contribution in [0, 0.1) is 0 Å². The number of rotatable bonds is 3. The van der Waals surface area contributed by atoms with Crippen LogP contribution in [0.15, 0.2) is 22.8 Å². The molecule has 0 rings (SSSR count). The maximum absolute atomic E-state index is 10.6. The van der Waals surface area contributed by atoms with Crippen LogP contribution < -0.4 is 0 Å². The second-order valence-corrected chi connectivity index (χ2v) is 3.43. The monoisotopic (exact) mass is 216 g/mol. The molecule has 0 heterocycles. The minimum atomic E-state index is 0.127. The molecular weight excluding hydrogens is 207 g/mol. The topological polar surface area (TPSA) is 17.1 Å². The normalized spacial score (nSPS) is 8.12. The van der Waals surface area contributed by atoms with Gasteiger partial charge in [0, 0.05) is 0 Å². The Labute approximate surface area is 62.6 Å². The molecule has 0 bridgehead atoms. The van der Waals surface area contributed by atoms with Crippen LogP contribution in [0.2, 0.25) is 0 Å². The predicted molar refractivity (Wildman–Crippen MR) is 36.1 cm³/mol. The molecule has 2 heteroatoms. The van der Waals surface area contributed by atoms with Gasteiger partial charge in [-0.15, -0.1) is 0 Å². The molecule has 0 aromatic heterocycles. The van der Waals surface area contributed by atoms with Crippen molar-refractivity contribution in [3.63, 3.8) is 0 Å². The first-order valence-electron chi connectivity index (χ1n) is 2.27. The van der Waals surface area contributed by atoms with Crippen molar-refractivity contribution in [2.24, 2.45) is 0 Å². The molecular formula is C6H8OSn. The van der Waals surface area contributed by atoms with Crippen molar-refractivity contribution < 1.29 is 4.79 Å². The second-order valence-electron chi connectivity index (χ2n) is 1.44. The van der Waals surface area contributed by atoms with Crippen LogP contribution in [0.1, 0.15) is 6.42 Å². The van der Waals surface area contributed by atoms with Gasteiger partial charge in [0.05, 0.1) is 0 Å². The standard InChI is InChI=1S/C6H7O.Sn.H/c1-3-5-6(7)4-2;;/h3H,1-2,5H2;;. The number of Topliss-reactive ketones (excluding diaryl/α,β-unsaturated/α-hetero) is 1. The minimum absolute atomic E-state index is 0.127. The van der Waals surface area contributed by atoms with Gasteiger partial charge in [-0.3, -0.25) is 0 Å². The summed E-state index contributed by atoms with van der Waals surface area (Å²) in [6, 6.07) is 0. The molecule has 0 aliphatic heterocycles. The van der Waals surface area contributed by atoms with E-state index in [0.29, 0.717) is 6.42 Å². The van der Waals surface area contributed by atoms with Gasteiger partial charge in [0.2, 0.25) is 0 Å². The molecule has 0 saturated carbocycles.